The van der Waals surface area contributed by atoms with Crippen molar-refractivity contribution in [2.24, 2.45) is 18.2 Å². The monoisotopic (exact) mass is 534 g/mol. The maximum Gasteiger partial charge on any atom is 0.270 e. The Morgan fingerprint density at radius 3 is 2.61 bits per heavy atom. The number of nitrogens with zero attached hydrogens (tertiary/aromatic N) is 3. The van der Waals surface area contributed by atoms with E-state index < -0.39 is 11.7 Å². The van der Waals surface area contributed by atoms with Gasteiger partial charge in [-0.05, 0) is 60.8 Å². The number of benzene rings is 2. The van der Waals surface area contributed by atoms with E-state index in [-0.39, 0.29) is 44.2 Å². The minimum absolute atomic E-state index is 0.00140. The number of carbonyl (C=O) groups excluding carboxylic acids is 1. The Labute approximate surface area is 224 Å². The Morgan fingerprint density at radius 1 is 1.16 bits per heavy atom. The van der Waals surface area contributed by atoms with Gasteiger partial charge in [-0.2, -0.15) is 4.98 Å². The molecule has 1 amide bonds. The average molecular weight is 535 g/mol. The number of hydrogen-bond acceptors (Lipinski definition) is 7. The second kappa shape index (κ2) is 9.43. The highest BCUT2D eigenvalue weighted by atomic mass is 32.2. The normalized spacial score (nSPS) is 20.0. The summed E-state index contributed by atoms with van der Waals surface area (Å²) in [6.07, 6.45) is 4.55. The third-order valence-corrected chi connectivity index (χ3v) is 9.34. The van der Waals surface area contributed by atoms with Crippen molar-refractivity contribution in [1.82, 2.24) is 14.9 Å². The van der Waals surface area contributed by atoms with E-state index in [9.17, 15) is 9.59 Å². The predicted molar refractivity (Wildman–Crippen MR) is 146 cm³/mol. The second-order valence-electron chi connectivity index (χ2n) is 10.7. The fraction of sp³-hybridized carbons (Fsp3) is 0.393. The van der Waals surface area contributed by atoms with E-state index in [2.05, 4.69) is 33.4 Å². The molecule has 3 aromatic rings. The van der Waals surface area contributed by atoms with Gasteiger partial charge in [0.25, 0.3) is 11.5 Å². The number of fused-ring (bicyclic) bond motifs is 1. The molecule has 0 unspecified atom stereocenters. The fourth-order valence-electron chi connectivity index (χ4n) is 5.79. The van der Waals surface area contributed by atoms with Crippen LogP contribution in [0.1, 0.15) is 53.2 Å². The van der Waals surface area contributed by atoms with Gasteiger partial charge in [-0.15, -0.1) is 0 Å². The summed E-state index contributed by atoms with van der Waals surface area (Å²) in [6.45, 7) is 1.42. The molecule has 3 aliphatic rings. The lowest BCUT2D eigenvalue weighted by molar-refractivity contribution is 0.0946. The molecule has 2 aliphatic carbocycles. The van der Waals surface area contributed by atoms with Gasteiger partial charge in [0.2, 0.25) is 5.95 Å². The molecule has 1 spiro atoms. The molecule has 38 heavy (non-hydrogen) atoms. The minimum atomic E-state index is -0.670. The number of amides is 1. The van der Waals surface area contributed by atoms with Crippen LogP contribution in [0, 0.1) is 11.2 Å². The van der Waals surface area contributed by atoms with Crippen LogP contribution in [0.2, 0.25) is 0 Å². The predicted octanol–water partition coefficient (Wildman–Crippen LogP) is 3.39. The van der Waals surface area contributed by atoms with Gasteiger partial charge in [0.05, 0.1) is 5.56 Å². The molecule has 1 aliphatic heterocycles. The van der Waals surface area contributed by atoms with E-state index in [1.165, 1.54) is 27.8 Å². The van der Waals surface area contributed by atoms with Crippen LogP contribution in [-0.2, 0) is 13.5 Å². The molecule has 10 heteroatoms. The number of nitrogens with two attached hydrogens (primary N) is 2. The molecule has 1 saturated heterocycles. The summed E-state index contributed by atoms with van der Waals surface area (Å²) < 4.78 is 16.7. The number of nitrogen functional groups attached to an aromatic ring is 1. The highest BCUT2D eigenvalue weighted by molar-refractivity contribution is 7.99. The zero-order valence-electron chi connectivity index (χ0n) is 21.2. The Kier molecular flexibility index (Phi) is 6.19. The number of hydrogen-bond donors (Lipinski definition) is 3. The van der Waals surface area contributed by atoms with Gasteiger partial charge in [-0.25, -0.2) is 4.39 Å². The van der Waals surface area contributed by atoms with Crippen molar-refractivity contribution in [3.05, 3.63) is 75.3 Å². The lowest BCUT2D eigenvalue weighted by Crippen LogP contribution is -2.46. The molecule has 1 saturated carbocycles. The van der Waals surface area contributed by atoms with Crippen LogP contribution in [-0.4, -0.2) is 34.6 Å². The Morgan fingerprint density at radius 2 is 1.89 bits per heavy atom. The van der Waals surface area contributed by atoms with Gasteiger partial charge >= 0.3 is 0 Å². The summed E-state index contributed by atoms with van der Waals surface area (Å²) in [6, 6.07) is 13.1. The standard InChI is InChI=1S/C28H31FN6O2S/c1-34-26(37)22(38-20-8-4-7-19(21(20)29)25(36)32-17-9-10-17)24(31)33-27(34)35-13-11-28(12-14-35)15-16-5-2-3-6-18(16)23(28)30/h2-8,17,23H,9-15,30-31H2,1H3,(H,32,36)/t23-/m1/s1. The maximum absolute atomic E-state index is 15.2. The third kappa shape index (κ3) is 4.25. The van der Waals surface area contributed by atoms with Gasteiger partial charge in [-0.3, -0.25) is 14.2 Å². The SMILES string of the molecule is Cn1c(N2CCC3(CC2)Cc2ccccc2[C@H]3N)nc(N)c(Sc2cccc(C(=O)NC3CC3)c2F)c1=O. The molecule has 8 nitrogen and oxygen atoms in total. The van der Waals surface area contributed by atoms with Crippen molar-refractivity contribution in [2.45, 2.75) is 54.0 Å². The lowest BCUT2D eigenvalue weighted by Gasteiger charge is -2.42. The van der Waals surface area contributed by atoms with Crippen molar-refractivity contribution in [2.75, 3.05) is 23.7 Å². The van der Waals surface area contributed by atoms with Crippen LogP contribution in [0.15, 0.2) is 57.1 Å². The van der Waals surface area contributed by atoms with E-state index in [0.29, 0.717) is 19.0 Å². The van der Waals surface area contributed by atoms with Crippen molar-refractivity contribution in [3.63, 3.8) is 0 Å². The maximum atomic E-state index is 15.2. The van der Waals surface area contributed by atoms with Gasteiger partial charge < -0.3 is 21.7 Å². The highest BCUT2D eigenvalue weighted by Crippen LogP contribution is 2.51. The van der Waals surface area contributed by atoms with E-state index in [0.717, 1.165) is 43.9 Å². The highest BCUT2D eigenvalue weighted by Gasteiger charge is 2.46. The topological polar surface area (TPSA) is 119 Å². The molecule has 2 heterocycles. The van der Waals surface area contributed by atoms with Crippen LogP contribution in [0.5, 0.6) is 0 Å². The number of piperidine rings is 1. The molecule has 6 rings (SSSR count). The largest absolute Gasteiger partial charge is 0.382 e. The summed E-state index contributed by atoms with van der Waals surface area (Å²) in [5.74, 6) is -0.578. The van der Waals surface area contributed by atoms with Gasteiger partial charge in [-0.1, -0.05) is 42.1 Å². The van der Waals surface area contributed by atoms with Crippen LogP contribution in [0.4, 0.5) is 16.2 Å². The number of carbonyl (C=O) groups is 1. The van der Waals surface area contributed by atoms with E-state index >= 15 is 4.39 Å². The zero-order valence-corrected chi connectivity index (χ0v) is 22.1. The number of nitrogens with one attached hydrogen (secondary N) is 1. The molecular formula is C28H31FN6O2S. The van der Waals surface area contributed by atoms with E-state index in [1.807, 2.05) is 6.07 Å². The third-order valence-electron chi connectivity index (χ3n) is 8.22. The van der Waals surface area contributed by atoms with Gasteiger partial charge in [0, 0.05) is 37.1 Å². The first-order chi connectivity index (χ1) is 18.3. The van der Waals surface area contributed by atoms with Crippen LogP contribution in [0.3, 0.4) is 0 Å². The zero-order chi connectivity index (χ0) is 26.6. The van der Waals surface area contributed by atoms with Crippen molar-refractivity contribution in [3.8, 4) is 0 Å². The first-order valence-electron chi connectivity index (χ1n) is 13.0. The number of halogens is 1. The number of rotatable bonds is 5. The summed E-state index contributed by atoms with van der Waals surface area (Å²) in [7, 11) is 1.66. The van der Waals surface area contributed by atoms with E-state index in [4.69, 9.17) is 11.5 Å². The van der Waals surface area contributed by atoms with Crippen molar-refractivity contribution >= 4 is 29.4 Å². The number of anilines is 2. The summed E-state index contributed by atoms with van der Waals surface area (Å²) in [4.78, 5) is 32.7. The molecule has 0 bridgehead atoms. The fourth-order valence-corrected chi connectivity index (χ4v) is 6.73. The summed E-state index contributed by atoms with van der Waals surface area (Å²) in [5.41, 5.74) is 15.2. The Hall–Kier alpha value is -3.37. The quantitative estimate of drug-likeness (QED) is 0.459. The lowest BCUT2D eigenvalue weighted by atomic mass is 9.73. The first kappa shape index (κ1) is 24.9. The summed E-state index contributed by atoms with van der Waals surface area (Å²) in [5, 5.41) is 2.80. The first-order valence-corrected chi connectivity index (χ1v) is 13.8. The molecule has 2 aromatic carbocycles. The average Bonchev–Trinajstić information content (AvgIpc) is 3.69. The molecule has 5 N–H and O–H groups in total. The Bertz CT molecular complexity index is 1480. The smallest absolute Gasteiger partial charge is 0.270 e. The van der Waals surface area contributed by atoms with Crippen LogP contribution in [0.25, 0.3) is 0 Å². The second-order valence-corrected chi connectivity index (χ2v) is 11.7. The molecular weight excluding hydrogens is 503 g/mol. The minimum Gasteiger partial charge on any atom is -0.382 e. The molecule has 198 valence electrons. The number of aromatic nitrogens is 2. The van der Waals surface area contributed by atoms with Crippen molar-refractivity contribution < 1.29 is 9.18 Å². The Balaban J connectivity index is 1.21. The van der Waals surface area contributed by atoms with Crippen molar-refractivity contribution in [1.29, 1.82) is 0 Å². The van der Waals surface area contributed by atoms with E-state index in [1.54, 1.807) is 13.1 Å². The molecule has 1 aromatic heterocycles. The molecule has 0 radical (unpaired) electrons. The van der Waals surface area contributed by atoms with Crippen LogP contribution >= 0.6 is 11.8 Å². The molecule has 2 fully saturated rings. The molecule has 1 atom stereocenters. The van der Waals surface area contributed by atoms with Gasteiger partial charge in [0.15, 0.2) is 0 Å². The van der Waals surface area contributed by atoms with Gasteiger partial charge in [0.1, 0.15) is 16.5 Å². The van der Waals surface area contributed by atoms with Crippen LogP contribution < -0.4 is 27.2 Å². The summed E-state index contributed by atoms with van der Waals surface area (Å²) >= 11 is 0.901.